The van der Waals surface area contributed by atoms with Gasteiger partial charge >= 0.3 is 0 Å². The van der Waals surface area contributed by atoms with Crippen molar-refractivity contribution in [3.63, 3.8) is 0 Å². The largest absolute Gasteiger partial charge is 0.508 e. The fourth-order valence-electron chi connectivity index (χ4n) is 6.03. The second-order valence-corrected chi connectivity index (χ2v) is 21.7. The summed E-state index contributed by atoms with van der Waals surface area (Å²) in [6, 6.07) is 28.1. The van der Waals surface area contributed by atoms with Crippen molar-refractivity contribution >= 4 is 29.9 Å². The molecule has 9 nitrogen and oxygen atoms in total. The van der Waals surface area contributed by atoms with Crippen molar-refractivity contribution < 1.29 is 28.2 Å². The standard InChI is InChI=1S/C40H53N3O6SSi/c1-39(2,42-27-34(25-40(3,4)51(6,7)49)33-18-19-37(45)36(23-33)43-50(5,47)48)24-30-11-8-10-29(20-30)21-38(46)41-26-28-14-16-31(17-15-28)32-12-9-13-35(44)22-32/h8-20,22-23,34,42-45,49H,21,24-27H2,1-7H3,(H,41,46)/t34-/m0/s1. The molecule has 0 aliphatic heterocycles. The summed E-state index contributed by atoms with van der Waals surface area (Å²) in [4.78, 5) is 24.0. The number of aromatic hydroxyl groups is 2. The Morgan fingerprint density at radius 3 is 2.14 bits per heavy atom. The Hall–Kier alpha value is -4.16. The molecule has 274 valence electrons. The molecule has 0 heterocycles. The lowest BCUT2D eigenvalue weighted by Gasteiger charge is -2.39. The molecule has 4 rings (SSSR count). The van der Waals surface area contributed by atoms with Gasteiger partial charge < -0.3 is 25.6 Å². The first kappa shape index (κ1) is 39.6. The molecule has 1 atom stereocenters. The normalized spacial score (nSPS) is 13.1. The molecule has 0 saturated carbocycles. The van der Waals surface area contributed by atoms with Crippen LogP contribution in [0.4, 0.5) is 5.69 Å². The summed E-state index contributed by atoms with van der Waals surface area (Å²) >= 11 is 0. The summed E-state index contributed by atoms with van der Waals surface area (Å²) < 4.78 is 26.4. The second-order valence-electron chi connectivity index (χ2n) is 15.5. The fraction of sp³-hybridized carbons (Fsp3) is 0.375. The van der Waals surface area contributed by atoms with E-state index in [0.717, 1.165) is 39.6 Å². The molecular formula is C40H53N3O6SSi. The Labute approximate surface area is 304 Å². The van der Waals surface area contributed by atoms with Gasteiger partial charge in [-0.05, 0) is 108 Å². The highest BCUT2D eigenvalue weighted by molar-refractivity contribution is 7.92. The van der Waals surface area contributed by atoms with Crippen LogP contribution in [0.15, 0.2) is 91.0 Å². The molecule has 1 amide bonds. The first-order valence-corrected chi connectivity index (χ1v) is 22.0. The lowest BCUT2D eigenvalue weighted by molar-refractivity contribution is -0.120. The van der Waals surface area contributed by atoms with Crippen LogP contribution in [0.2, 0.25) is 18.1 Å². The quantitative estimate of drug-likeness (QED) is 0.0534. The molecule has 0 aliphatic rings. The Bertz CT molecular complexity index is 1920. The number of phenols is 2. The van der Waals surface area contributed by atoms with Gasteiger partial charge in [-0.15, -0.1) is 0 Å². The Morgan fingerprint density at radius 2 is 1.49 bits per heavy atom. The van der Waals surface area contributed by atoms with Crippen LogP contribution in [0.5, 0.6) is 11.5 Å². The molecule has 4 aromatic carbocycles. The molecule has 0 bridgehead atoms. The van der Waals surface area contributed by atoms with E-state index in [-0.39, 0.29) is 46.0 Å². The van der Waals surface area contributed by atoms with Crippen LogP contribution >= 0.6 is 0 Å². The molecule has 0 radical (unpaired) electrons. The maximum absolute atomic E-state index is 12.9. The summed E-state index contributed by atoms with van der Waals surface area (Å²) in [5, 5.41) is 26.5. The smallest absolute Gasteiger partial charge is 0.229 e. The number of amides is 1. The van der Waals surface area contributed by atoms with E-state index >= 15 is 0 Å². The van der Waals surface area contributed by atoms with Crippen molar-refractivity contribution in [3.05, 3.63) is 113 Å². The van der Waals surface area contributed by atoms with E-state index in [1.54, 1.807) is 18.2 Å². The highest BCUT2D eigenvalue weighted by Crippen LogP contribution is 2.45. The van der Waals surface area contributed by atoms with Crippen LogP contribution in [-0.2, 0) is 34.2 Å². The number of nitrogens with one attached hydrogen (secondary N) is 3. The van der Waals surface area contributed by atoms with E-state index in [1.807, 2.05) is 67.7 Å². The van der Waals surface area contributed by atoms with Crippen LogP contribution in [0.25, 0.3) is 11.1 Å². The van der Waals surface area contributed by atoms with Gasteiger partial charge in [0.25, 0.3) is 0 Å². The first-order chi connectivity index (χ1) is 23.7. The summed E-state index contributed by atoms with van der Waals surface area (Å²) in [6.07, 6.45) is 2.65. The van der Waals surface area contributed by atoms with Crippen molar-refractivity contribution in [3.8, 4) is 22.6 Å². The topological polar surface area (TPSA) is 148 Å². The molecule has 0 fully saturated rings. The number of hydrogen-bond acceptors (Lipinski definition) is 7. The fourth-order valence-corrected chi connectivity index (χ4v) is 7.34. The maximum Gasteiger partial charge on any atom is 0.229 e. The van der Waals surface area contributed by atoms with Crippen LogP contribution in [0.3, 0.4) is 0 Å². The number of rotatable bonds is 16. The van der Waals surface area contributed by atoms with Gasteiger partial charge in [0.05, 0.1) is 18.4 Å². The van der Waals surface area contributed by atoms with E-state index in [1.165, 1.54) is 6.07 Å². The summed E-state index contributed by atoms with van der Waals surface area (Å²) in [5.41, 5.74) is 5.54. The third kappa shape index (κ3) is 12.0. The predicted octanol–water partition coefficient (Wildman–Crippen LogP) is 7.06. The molecule has 0 spiro atoms. The third-order valence-corrected chi connectivity index (χ3v) is 13.8. The average molecular weight is 732 g/mol. The number of anilines is 1. The zero-order valence-corrected chi connectivity index (χ0v) is 32.6. The average Bonchev–Trinajstić information content (AvgIpc) is 3.02. The summed E-state index contributed by atoms with van der Waals surface area (Å²) in [6.45, 7) is 13.2. The molecule has 6 N–H and O–H groups in total. The van der Waals surface area contributed by atoms with Gasteiger partial charge in [-0.3, -0.25) is 9.52 Å². The minimum atomic E-state index is -3.60. The van der Waals surface area contributed by atoms with Gasteiger partial charge in [0.2, 0.25) is 15.9 Å². The number of carbonyl (C=O) groups is 1. The molecule has 0 unspecified atom stereocenters. The van der Waals surface area contributed by atoms with E-state index in [4.69, 9.17) is 0 Å². The van der Waals surface area contributed by atoms with Gasteiger partial charge in [0.1, 0.15) is 11.5 Å². The Kier molecular flexibility index (Phi) is 12.4. The lowest BCUT2D eigenvalue weighted by atomic mass is 9.87. The van der Waals surface area contributed by atoms with Crippen molar-refractivity contribution in [2.75, 3.05) is 17.5 Å². The van der Waals surface area contributed by atoms with Gasteiger partial charge in [-0.25, -0.2) is 8.42 Å². The molecule has 0 aliphatic carbocycles. The lowest BCUT2D eigenvalue weighted by Crippen LogP contribution is -2.45. The monoisotopic (exact) mass is 731 g/mol. The number of hydrogen-bond donors (Lipinski definition) is 6. The maximum atomic E-state index is 12.9. The van der Waals surface area contributed by atoms with Crippen molar-refractivity contribution in [2.45, 2.75) is 83.1 Å². The molecular weight excluding hydrogens is 679 g/mol. The summed E-state index contributed by atoms with van der Waals surface area (Å²) in [7, 11) is -6.17. The van der Waals surface area contributed by atoms with Crippen LogP contribution in [-0.4, -0.2) is 56.0 Å². The molecule has 0 saturated heterocycles. The van der Waals surface area contributed by atoms with Crippen molar-refractivity contribution in [1.29, 1.82) is 0 Å². The van der Waals surface area contributed by atoms with E-state index < -0.39 is 18.3 Å². The van der Waals surface area contributed by atoms with E-state index in [0.29, 0.717) is 25.9 Å². The van der Waals surface area contributed by atoms with Crippen LogP contribution < -0.4 is 15.4 Å². The minimum Gasteiger partial charge on any atom is -0.508 e. The van der Waals surface area contributed by atoms with Gasteiger partial charge in [0.15, 0.2) is 8.32 Å². The Morgan fingerprint density at radius 1 is 0.824 bits per heavy atom. The van der Waals surface area contributed by atoms with E-state index in [2.05, 4.69) is 55.2 Å². The van der Waals surface area contributed by atoms with Gasteiger partial charge in [-0.2, -0.15) is 0 Å². The number of phenolic OH excluding ortho intramolecular Hbond substituents is 2. The number of sulfonamides is 1. The van der Waals surface area contributed by atoms with Gasteiger partial charge in [0, 0.05) is 18.6 Å². The predicted molar refractivity (Wildman–Crippen MR) is 209 cm³/mol. The van der Waals surface area contributed by atoms with Crippen LogP contribution in [0, 0.1) is 0 Å². The number of carbonyl (C=O) groups excluding carboxylic acids is 1. The zero-order chi connectivity index (χ0) is 37.6. The van der Waals surface area contributed by atoms with E-state index in [9.17, 15) is 28.2 Å². The van der Waals surface area contributed by atoms with Crippen molar-refractivity contribution in [2.24, 2.45) is 0 Å². The van der Waals surface area contributed by atoms with Crippen molar-refractivity contribution in [1.82, 2.24) is 10.6 Å². The Balaban J connectivity index is 1.39. The molecule has 4 aromatic rings. The summed E-state index contributed by atoms with van der Waals surface area (Å²) in [5.74, 6) is -0.0869. The number of benzene rings is 4. The second kappa shape index (κ2) is 16.0. The molecule has 51 heavy (non-hydrogen) atoms. The zero-order valence-electron chi connectivity index (χ0n) is 30.7. The third-order valence-electron chi connectivity index (χ3n) is 9.65. The first-order valence-electron chi connectivity index (χ1n) is 17.2. The SMILES string of the molecule is CC(C)(Cc1cccc(CC(=O)NCc2ccc(-c3cccc(O)c3)cc2)c1)NC[C@H](CC(C)(C)[Si](C)(C)O)c1ccc(O)c(NS(C)(=O)=O)c1. The minimum absolute atomic E-state index is 0.0685. The van der Waals surface area contributed by atoms with Gasteiger partial charge in [-0.1, -0.05) is 80.6 Å². The highest BCUT2D eigenvalue weighted by Gasteiger charge is 2.40. The van der Waals surface area contributed by atoms with Crippen LogP contribution in [0.1, 0.15) is 62.3 Å². The molecule has 0 aromatic heterocycles. The molecule has 11 heteroatoms. The highest BCUT2D eigenvalue weighted by atomic mass is 32.2.